The van der Waals surface area contributed by atoms with Crippen molar-refractivity contribution in [3.05, 3.63) is 35.9 Å². The summed E-state index contributed by atoms with van der Waals surface area (Å²) in [6, 6.07) is 3.37. The number of H-pyrrole nitrogens is 1. The molecule has 1 aliphatic rings. The van der Waals surface area contributed by atoms with Crippen molar-refractivity contribution in [2.24, 2.45) is 33.3 Å². The molecule has 0 radical (unpaired) electrons. The van der Waals surface area contributed by atoms with Crippen LogP contribution in [0.1, 0.15) is 30.0 Å². The summed E-state index contributed by atoms with van der Waals surface area (Å²) in [6.07, 6.45) is 5.48. The van der Waals surface area contributed by atoms with Crippen LogP contribution >= 0.6 is 11.9 Å². The van der Waals surface area contributed by atoms with E-state index in [0.717, 1.165) is 49.3 Å². The van der Waals surface area contributed by atoms with Gasteiger partial charge in [-0.15, -0.1) is 5.10 Å². The molecule has 1 aromatic heterocycles. The Labute approximate surface area is 193 Å². The summed E-state index contributed by atoms with van der Waals surface area (Å²) in [4.78, 5) is 10.6. The van der Waals surface area contributed by atoms with Gasteiger partial charge in [0, 0.05) is 55.7 Å². The van der Waals surface area contributed by atoms with E-state index in [4.69, 9.17) is 28.2 Å². The fourth-order valence-corrected chi connectivity index (χ4v) is 5.58. The SMILES string of the molecule is NCC(N)CNS(=O)c1ccc(N2CCC(c3cnc[nH]3)CC2)c(/C(N)=N/NN)c1SN. The Hall–Kier alpha value is -2.20. The number of imidazole rings is 1. The minimum absolute atomic E-state index is 0.156. The van der Waals surface area contributed by atoms with Crippen LogP contribution in [-0.4, -0.2) is 52.2 Å². The third-order valence-corrected chi connectivity index (χ3v) is 7.39. The minimum atomic E-state index is -1.57. The number of rotatable bonds is 10. The van der Waals surface area contributed by atoms with Gasteiger partial charge in [0.15, 0.2) is 5.84 Å². The summed E-state index contributed by atoms with van der Waals surface area (Å²) in [7, 11) is -1.57. The van der Waals surface area contributed by atoms with Crippen molar-refractivity contribution in [2.75, 3.05) is 31.1 Å². The highest BCUT2D eigenvalue weighted by atomic mass is 32.2. The maximum absolute atomic E-state index is 12.9. The lowest BCUT2D eigenvalue weighted by Gasteiger charge is -2.35. The van der Waals surface area contributed by atoms with E-state index in [1.807, 2.05) is 12.3 Å². The van der Waals surface area contributed by atoms with Crippen molar-refractivity contribution in [1.82, 2.24) is 20.2 Å². The number of aromatic nitrogens is 2. The predicted molar refractivity (Wildman–Crippen MR) is 129 cm³/mol. The maximum atomic E-state index is 12.9. The zero-order chi connectivity index (χ0) is 23.1. The first-order valence-electron chi connectivity index (χ1n) is 10.2. The molecule has 14 heteroatoms. The van der Waals surface area contributed by atoms with Crippen LogP contribution in [0.4, 0.5) is 5.69 Å². The van der Waals surface area contributed by atoms with Gasteiger partial charge in [0.25, 0.3) is 0 Å². The second kappa shape index (κ2) is 11.6. The van der Waals surface area contributed by atoms with Crippen molar-refractivity contribution in [1.29, 1.82) is 0 Å². The summed E-state index contributed by atoms with van der Waals surface area (Å²) in [6.45, 7) is 2.19. The average Bonchev–Trinajstić information content (AvgIpc) is 3.36. The Bertz CT molecular complexity index is 929. The number of anilines is 1. The molecule has 0 spiro atoms. The van der Waals surface area contributed by atoms with Crippen molar-refractivity contribution in [3.8, 4) is 0 Å². The van der Waals surface area contributed by atoms with Crippen LogP contribution < -0.4 is 43.3 Å². The van der Waals surface area contributed by atoms with E-state index in [9.17, 15) is 4.21 Å². The lowest BCUT2D eigenvalue weighted by molar-refractivity contribution is 0.497. The monoisotopic (exact) mass is 481 g/mol. The van der Waals surface area contributed by atoms with Crippen LogP contribution in [0.2, 0.25) is 0 Å². The fraction of sp³-hybridized carbons (Fsp3) is 0.444. The number of nitrogens with one attached hydrogen (secondary N) is 3. The van der Waals surface area contributed by atoms with Gasteiger partial charge in [-0.2, -0.15) is 0 Å². The molecule has 3 rings (SSSR count). The average molecular weight is 482 g/mol. The molecule has 1 fully saturated rings. The molecule has 1 aromatic carbocycles. The lowest BCUT2D eigenvalue weighted by Crippen LogP contribution is -2.40. The van der Waals surface area contributed by atoms with Gasteiger partial charge in [0.05, 0.1) is 21.7 Å². The van der Waals surface area contributed by atoms with E-state index in [2.05, 4.69) is 30.2 Å². The van der Waals surface area contributed by atoms with Gasteiger partial charge in [-0.3, -0.25) is 5.14 Å². The van der Waals surface area contributed by atoms with E-state index in [0.29, 0.717) is 27.8 Å². The van der Waals surface area contributed by atoms with E-state index < -0.39 is 11.0 Å². The number of benzene rings is 1. The molecular formula is C18H31N11OS2. The minimum Gasteiger partial charge on any atom is -0.382 e. The molecule has 176 valence electrons. The van der Waals surface area contributed by atoms with Crippen molar-refractivity contribution >= 4 is 34.5 Å². The molecule has 2 unspecified atom stereocenters. The molecule has 1 saturated heterocycles. The Balaban J connectivity index is 1.90. The van der Waals surface area contributed by atoms with Gasteiger partial charge in [0.2, 0.25) is 0 Å². The fourth-order valence-electron chi connectivity index (χ4n) is 3.72. The molecule has 13 N–H and O–H groups in total. The zero-order valence-corrected chi connectivity index (χ0v) is 19.3. The van der Waals surface area contributed by atoms with Gasteiger partial charge in [-0.05, 0) is 36.9 Å². The second-order valence-electron chi connectivity index (χ2n) is 7.41. The molecule has 2 heterocycles. The number of hydrogen-bond donors (Lipinski definition) is 8. The van der Waals surface area contributed by atoms with E-state index in [-0.39, 0.29) is 18.4 Å². The summed E-state index contributed by atoms with van der Waals surface area (Å²) >= 11 is 0.963. The largest absolute Gasteiger partial charge is 0.382 e. The van der Waals surface area contributed by atoms with Crippen molar-refractivity contribution < 1.29 is 4.21 Å². The summed E-state index contributed by atoms with van der Waals surface area (Å²) in [5, 5.41) is 9.97. The maximum Gasteiger partial charge on any atom is 0.155 e. The number of hydrogen-bond acceptors (Lipinski definition) is 10. The summed E-state index contributed by atoms with van der Waals surface area (Å²) < 4.78 is 15.8. The van der Waals surface area contributed by atoms with Gasteiger partial charge in [0.1, 0.15) is 11.0 Å². The summed E-state index contributed by atoms with van der Waals surface area (Å²) in [5.41, 5.74) is 22.4. The van der Waals surface area contributed by atoms with Gasteiger partial charge in [-0.25, -0.2) is 25.3 Å². The Morgan fingerprint density at radius 3 is 2.75 bits per heavy atom. The van der Waals surface area contributed by atoms with E-state index in [1.54, 1.807) is 12.4 Å². The van der Waals surface area contributed by atoms with Gasteiger partial charge in [-0.1, -0.05) is 0 Å². The molecule has 0 amide bonds. The number of amidine groups is 1. The number of piperidine rings is 1. The predicted octanol–water partition coefficient (Wildman–Crippen LogP) is -1.26. The van der Waals surface area contributed by atoms with Crippen molar-refractivity contribution in [3.63, 3.8) is 0 Å². The zero-order valence-electron chi connectivity index (χ0n) is 17.7. The molecule has 1 aliphatic heterocycles. The van der Waals surface area contributed by atoms with E-state index >= 15 is 0 Å². The Morgan fingerprint density at radius 1 is 1.41 bits per heavy atom. The molecular weight excluding hydrogens is 450 g/mol. The van der Waals surface area contributed by atoms with E-state index in [1.165, 1.54) is 0 Å². The third-order valence-electron chi connectivity index (χ3n) is 5.43. The smallest absolute Gasteiger partial charge is 0.155 e. The molecule has 0 aliphatic carbocycles. The standard InChI is InChI=1S/C18H31N11OS2/c19-7-12(20)8-26-32(30)15-2-1-14(16(17(15)31-23)18(21)27-28-22)29-5-3-11(4-6-29)13-9-24-10-25-13/h1-2,9-12,26,28H,3-8,19-20,22-23H2,(H2,21,27)(H,24,25). The molecule has 2 atom stereocenters. The second-order valence-corrected chi connectivity index (χ2v) is 9.32. The molecule has 12 nitrogen and oxygen atoms in total. The van der Waals surface area contributed by atoms with Gasteiger partial charge < -0.3 is 27.1 Å². The van der Waals surface area contributed by atoms with Crippen LogP contribution in [0.5, 0.6) is 0 Å². The van der Waals surface area contributed by atoms with Crippen LogP contribution in [0, 0.1) is 0 Å². The molecule has 0 bridgehead atoms. The first-order valence-corrected chi connectivity index (χ1v) is 12.2. The first-order chi connectivity index (χ1) is 15.5. The number of aromatic amines is 1. The number of nitrogens with two attached hydrogens (primary N) is 5. The number of nitrogens with zero attached hydrogens (tertiary/aromatic N) is 3. The third kappa shape index (κ3) is 5.58. The summed E-state index contributed by atoms with van der Waals surface area (Å²) in [5.74, 6) is 5.95. The molecule has 32 heavy (non-hydrogen) atoms. The molecule has 0 saturated carbocycles. The van der Waals surface area contributed by atoms with Crippen LogP contribution in [0.15, 0.2) is 39.5 Å². The highest BCUT2D eigenvalue weighted by molar-refractivity contribution is 7.97. The quantitative estimate of drug-likeness (QED) is 0.0662. The lowest BCUT2D eigenvalue weighted by atomic mass is 9.93. The number of hydrazine groups is 1. The van der Waals surface area contributed by atoms with Crippen molar-refractivity contribution in [2.45, 2.75) is 34.6 Å². The highest BCUT2D eigenvalue weighted by Gasteiger charge is 2.27. The molecule has 2 aromatic rings. The van der Waals surface area contributed by atoms with Crippen LogP contribution in [0.3, 0.4) is 0 Å². The van der Waals surface area contributed by atoms with Gasteiger partial charge >= 0.3 is 0 Å². The Kier molecular flexibility index (Phi) is 8.86. The number of hydrazone groups is 1. The van der Waals surface area contributed by atoms with Crippen LogP contribution in [0.25, 0.3) is 0 Å². The van der Waals surface area contributed by atoms with Crippen LogP contribution in [-0.2, 0) is 11.0 Å². The topological polar surface area (TPSA) is 216 Å². The normalized spacial score (nSPS) is 17.4. The first kappa shape index (κ1) is 24.4. The highest BCUT2D eigenvalue weighted by Crippen LogP contribution is 2.36. The Morgan fingerprint density at radius 2 is 2.16 bits per heavy atom.